The lowest BCUT2D eigenvalue weighted by atomic mass is 10.1. The summed E-state index contributed by atoms with van der Waals surface area (Å²) in [6.45, 7) is 4.30. The molecular weight excluding hydrogens is 230 g/mol. The van der Waals surface area contributed by atoms with Gasteiger partial charge in [0.2, 0.25) is 0 Å². The van der Waals surface area contributed by atoms with Crippen molar-refractivity contribution in [2.45, 2.75) is 45.2 Å². The van der Waals surface area contributed by atoms with Crippen LogP contribution in [0.25, 0.3) is 0 Å². The third-order valence-electron chi connectivity index (χ3n) is 3.64. The first-order valence-corrected chi connectivity index (χ1v) is 6.31. The van der Waals surface area contributed by atoms with E-state index in [1.807, 2.05) is 0 Å². The Hall–Kier alpha value is -1.78. The first kappa shape index (κ1) is 12.7. The highest BCUT2D eigenvalue weighted by molar-refractivity contribution is 5.89. The normalized spacial score (nSPS) is 23.3. The number of carbonyl (C=O) groups is 1. The van der Waals surface area contributed by atoms with Crippen LogP contribution >= 0.6 is 0 Å². The van der Waals surface area contributed by atoms with Crippen LogP contribution in [0.1, 0.15) is 43.5 Å². The zero-order valence-electron chi connectivity index (χ0n) is 10.8. The van der Waals surface area contributed by atoms with Crippen LogP contribution in [0, 0.1) is 0 Å². The molecule has 18 heavy (non-hydrogen) atoms. The molecule has 5 heteroatoms. The molecule has 1 saturated heterocycles. The SMILES string of the molecule is CCC1CCC(C)N1c1ncc(C(=O)O)cc1N. The summed E-state index contributed by atoms with van der Waals surface area (Å²) in [5.74, 6) is -0.279. The predicted octanol–water partition coefficient (Wildman–Crippen LogP) is 2.13. The quantitative estimate of drug-likeness (QED) is 0.857. The smallest absolute Gasteiger partial charge is 0.337 e. The summed E-state index contributed by atoms with van der Waals surface area (Å²) >= 11 is 0. The van der Waals surface area contributed by atoms with Crippen molar-refractivity contribution < 1.29 is 9.90 Å². The molecule has 0 spiro atoms. The van der Waals surface area contributed by atoms with Crippen LogP contribution in [0.5, 0.6) is 0 Å². The summed E-state index contributed by atoms with van der Waals surface area (Å²) in [5.41, 5.74) is 6.53. The fourth-order valence-corrected chi connectivity index (χ4v) is 2.66. The molecule has 3 N–H and O–H groups in total. The van der Waals surface area contributed by atoms with Gasteiger partial charge in [0.1, 0.15) is 0 Å². The van der Waals surface area contributed by atoms with Gasteiger partial charge in [0.15, 0.2) is 5.82 Å². The van der Waals surface area contributed by atoms with E-state index in [1.165, 1.54) is 12.3 Å². The first-order valence-electron chi connectivity index (χ1n) is 6.31. The second-order valence-corrected chi connectivity index (χ2v) is 4.84. The average molecular weight is 249 g/mol. The molecule has 0 aromatic carbocycles. The van der Waals surface area contributed by atoms with Gasteiger partial charge < -0.3 is 15.7 Å². The van der Waals surface area contributed by atoms with Gasteiger partial charge in [-0.2, -0.15) is 0 Å². The Labute approximate surface area is 107 Å². The van der Waals surface area contributed by atoms with Crippen molar-refractivity contribution in [3.8, 4) is 0 Å². The van der Waals surface area contributed by atoms with Crippen molar-refractivity contribution in [3.05, 3.63) is 17.8 Å². The summed E-state index contributed by atoms with van der Waals surface area (Å²) in [5, 5.41) is 8.91. The monoisotopic (exact) mass is 249 g/mol. The molecule has 0 saturated carbocycles. The average Bonchev–Trinajstić information content (AvgIpc) is 2.70. The third-order valence-corrected chi connectivity index (χ3v) is 3.64. The van der Waals surface area contributed by atoms with Crippen LogP contribution in [-0.4, -0.2) is 28.1 Å². The lowest BCUT2D eigenvalue weighted by molar-refractivity contribution is 0.0696. The molecule has 5 nitrogen and oxygen atoms in total. The number of rotatable bonds is 3. The Morgan fingerprint density at radius 3 is 2.89 bits per heavy atom. The molecular formula is C13H19N3O2. The number of nitrogen functional groups attached to an aromatic ring is 1. The highest BCUT2D eigenvalue weighted by Gasteiger charge is 2.31. The molecule has 98 valence electrons. The van der Waals surface area contributed by atoms with E-state index in [0.29, 0.717) is 17.8 Å². The van der Waals surface area contributed by atoms with Gasteiger partial charge in [-0.25, -0.2) is 9.78 Å². The lowest BCUT2D eigenvalue weighted by Crippen LogP contribution is -2.35. The topological polar surface area (TPSA) is 79.5 Å². The standard InChI is InChI=1S/C13H19N3O2/c1-3-10-5-4-8(2)16(10)12-11(14)6-9(7-15-12)13(17)18/h6-8,10H,3-5,14H2,1-2H3,(H,17,18). The molecule has 2 rings (SSSR count). The second-order valence-electron chi connectivity index (χ2n) is 4.84. The maximum atomic E-state index is 10.9. The fraction of sp³-hybridized carbons (Fsp3) is 0.538. The van der Waals surface area contributed by atoms with Gasteiger partial charge >= 0.3 is 5.97 Å². The molecule has 2 unspecified atom stereocenters. The van der Waals surface area contributed by atoms with Crippen molar-refractivity contribution in [2.24, 2.45) is 0 Å². The maximum Gasteiger partial charge on any atom is 0.337 e. The van der Waals surface area contributed by atoms with Gasteiger partial charge in [0, 0.05) is 18.3 Å². The largest absolute Gasteiger partial charge is 0.478 e. The van der Waals surface area contributed by atoms with Gasteiger partial charge in [0.25, 0.3) is 0 Å². The van der Waals surface area contributed by atoms with Crippen LogP contribution in [0.2, 0.25) is 0 Å². The summed E-state index contributed by atoms with van der Waals surface area (Å²) in [4.78, 5) is 17.3. The molecule has 0 amide bonds. The summed E-state index contributed by atoms with van der Waals surface area (Å²) < 4.78 is 0. The van der Waals surface area contributed by atoms with E-state index in [4.69, 9.17) is 10.8 Å². The number of anilines is 2. The molecule has 1 fully saturated rings. The van der Waals surface area contributed by atoms with Gasteiger partial charge in [-0.1, -0.05) is 6.92 Å². The first-order chi connectivity index (χ1) is 8.54. The minimum atomic E-state index is -0.998. The van der Waals surface area contributed by atoms with E-state index in [0.717, 1.165) is 25.1 Å². The van der Waals surface area contributed by atoms with Crippen molar-refractivity contribution >= 4 is 17.5 Å². The molecule has 1 aliphatic rings. The fourth-order valence-electron chi connectivity index (χ4n) is 2.66. The van der Waals surface area contributed by atoms with Crippen molar-refractivity contribution in [3.63, 3.8) is 0 Å². The summed E-state index contributed by atoms with van der Waals surface area (Å²) in [6, 6.07) is 2.34. The molecule has 1 aromatic rings. The number of hydrogen-bond acceptors (Lipinski definition) is 4. The van der Waals surface area contributed by atoms with Crippen LogP contribution in [-0.2, 0) is 0 Å². The van der Waals surface area contributed by atoms with Gasteiger partial charge in [0.05, 0.1) is 11.3 Å². The molecule has 1 aromatic heterocycles. The molecule has 0 bridgehead atoms. The van der Waals surface area contributed by atoms with E-state index >= 15 is 0 Å². The summed E-state index contributed by atoms with van der Waals surface area (Å²) in [7, 11) is 0. The lowest BCUT2D eigenvalue weighted by Gasteiger charge is -2.30. The maximum absolute atomic E-state index is 10.9. The molecule has 0 aliphatic carbocycles. The second kappa shape index (κ2) is 4.84. The summed E-state index contributed by atoms with van der Waals surface area (Å²) in [6.07, 6.45) is 4.69. The Bertz CT molecular complexity index is 462. The molecule has 1 aliphatic heterocycles. The predicted molar refractivity (Wildman–Crippen MR) is 70.9 cm³/mol. The number of aromatic nitrogens is 1. The molecule has 0 radical (unpaired) electrons. The van der Waals surface area contributed by atoms with Gasteiger partial charge in [-0.15, -0.1) is 0 Å². The van der Waals surface area contributed by atoms with Crippen LogP contribution < -0.4 is 10.6 Å². The van der Waals surface area contributed by atoms with Gasteiger partial charge in [-0.05, 0) is 32.3 Å². The van der Waals surface area contributed by atoms with Crippen molar-refractivity contribution in [2.75, 3.05) is 10.6 Å². The van der Waals surface area contributed by atoms with Crippen LogP contribution in [0.15, 0.2) is 12.3 Å². The molecule has 2 atom stereocenters. The Kier molecular flexibility index (Phi) is 3.41. The number of nitrogens with two attached hydrogens (primary N) is 1. The van der Waals surface area contributed by atoms with E-state index < -0.39 is 5.97 Å². The Morgan fingerprint density at radius 2 is 2.33 bits per heavy atom. The number of hydrogen-bond donors (Lipinski definition) is 2. The minimum absolute atomic E-state index is 0.135. The zero-order valence-corrected chi connectivity index (χ0v) is 10.8. The van der Waals surface area contributed by atoms with Crippen molar-refractivity contribution in [1.29, 1.82) is 0 Å². The Morgan fingerprint density at radius 1 is 1.61 bits per heavy atom. The number of carboxylic acid groups (broad SMARTS) is 1. The van der Waals surface area contributed by atoms with Crippen LogP contribution in [0.3, 0.4) is 0 Å². The van der Waals surface area contributed by atoms with E-state index in [1.54, 1.807) is 0 Å². The van der Waals surface area contributed by atoms with E-state index in [2.05, 4.69) is 23.7 Å². The van der Waals surface area contributed by atoms with Crippen molar-refractivity contribution in [1.82, 2.24) is 4.98 Å². The van der Waals surface area contributed by atoms with Crippen LogP contribution in [0.4, 0.5) is 11.5 Å². The highest BCUT2D eigenvalue weighted by Crippen LogP contribution is 2.34. The van der Waals surface area contributed by atoms with E-state index in [-0.39, 0.29) is 5.56 Å². The Balaban J connectivity index is 2.35. The third kappa shape index (κ3) is 2.12. The van der Waals surface area contributed by atoms with Gasteiger partial charge in [-0.3, -0.25) is 0 Å². The minimum Gasteiger partial charge on any atom is -0.478 e. The number of nitrogens with zero attached hydrogens (tertiary/aromatic N) is 2. The number of pyridine rings is 1. The highest BCUT2D eigenvalue weighted by atomic mass is 16.4. The number of aromatic carboxylic acids is 1. The zero-order chi connectivity index (χ0) is 13.3. The van der Waals surface area contributed by atoms with E-state index in [9.17, 15) is 4.79 Å². The molecule has 2 heterocycles. The number of carboxylic acids is 1.